The summed E-state index contributed by atoms with van der Waals surface area (Å²) in [4.78, 5) is 2.70. The molecule has 0 spiro atoms. The molecule has 0 aromatic heterocycles. The van der Waals surface area contributed by atoms with Crippen molar-refractivity contribution in [1.29, 1.82) is 0 Å². The normalized spacial score (nSPS) is 24.1. The molecular formula is C24H38BrClN2O. The van der Waals surface area contributed by atoms with Gasteiger partial charge >= 0.3 is 0 Å². The number of methoxy groups -OCH3 is 1. The van der Waals surface area contributed by atoms with E-state index in [1.807, 2.05) is 6.07 Å². The van der Waals surface area contributed by atoms with E-state index < -0.39 is 0 Å². The van der Waals surface area contributed by atoms with E-state index >= 15 is 0 Å². The van der Waals surface area contributed by atoms with Crippen molar-refractivity contribution in [3.8, 4) is 0 Å². The number of benzene rings is 1. The van der Waals surface area contributed by atoms with E-state index in [1.165, 1.54) is 81.0 Å². The first-order valence-corrected chi connectivity index (χ1v) is 12.7. The fourth-order valence-corrected chi connectivity index (χ4v) is 5.65. The molecule has 3 rings (SSSR count). The van der Waals surface area contributed by atoms with Crippen LogP contribution in [0.5, 0.6) is 0 Å². The fourth-order valence-electron chi connectivity index (χ4n) is 5.05. The Bertz CT molecular complexity index is 599. The minimum absolute atomic E-state index is 0.722. The molecule has 0 amide bonds. The minimum atomic E-state index is 0.722. The maximum atomic E-state index is 6.18. The van der Waals surface area contributed by atoms with Crippen molar-refractivity contribution in [3.63, 3.8) is 0 Å². The topological polar surface area (TPSA) is 24.5 Å². The number of rotatable bonds is 10. The molecule has 2 aliphatic rings. The van der Waals surface area contributed by atoms with Crippen molar-refractivity contribution in [2.24, 2.45) is 11.8 Å². The van der Waals surface area contributed by atoms with Crippen LogP contribution < -0.4 is 5.32 Å². The van der Waals surface area contributed by atoms with Crippen LogP contribution in [0.3, 0.4) is 0 Å². The Morgan fingerprint density at radius 1 is 1.10 bits per heavy atom. The summed E-state index contributed by atoms with van der Waals surface area (Å²) in [6.45, 7) is 5.64. The number of hydrogen-bond acceptors (Lipinski definition) is 3. The molecule has 1 aromatic rings. The molecule has 1 N–H and O–H groups in total. The van der Waals surface area contributed by atoms with E-state index in [4.69, 9.17) is 16.3 Å². The van der Waals surface area contributed by atoms with Crippen molar-refractivity contribution >= 4 is 27.5 Å². The number of halogens is 2. The van der Waals surface area contributed by atoms with Gasteiger partial charge in [0.2, 0.25) is 0 Å². The quantitative estimate of drug-likeness (QED) is 0.416. The van der Waals surface area contributed by atoms with Gasteiger partial charge in [0.15, 0.2) is 0 Å². The lowest BCUT2D eigenvalue weighted by Gasteiger charge is -2.33. The molecule has 164 valence electrons. The first-order valence-electron chi connectivity index (χ1n) is 11.5. The Labute approximate surface area is 191 Å². The molecule has 2 fully saturated rings. The van der Waals surface area contributed by atoms with Crippen LogP contribution in [0.1, 0.15) is 56.9 Å². The van der Waals surface area contributed by atoms with Crippen molar-refractivity contribution in [2.75, 3.05) is 39.9 Å². The summed E-state index contributed by atoms with van der Waals surface area (Å²) in [6, 6.07) is 6.89. The Kier molecular flexibility index (Phi) is 10.3. The van der Waals surface area contributed by atoms with Crippen LogP contribution in [0.25, 0.3) is 0 Å². The number of piperidine rings is 1. The zero-order valence-electron chi connectivity index (χ0n) is 18.0. The van der Waals surface area contributed by atoms with Gasteiger partial charge in [-0.25, -0.2) is 0 Å². The SMILES string of the molecule is COCCNC1CCC(CCCN2CCC(Cc3cc(Cl)ccc3Br)CC2)CC1. The summed E-state index contributed by atoms with van der Waals surface area (Å²) in [5.74, 6) is 1.75. The minimum Gasteiger partial charge on any atom is -0.383 e. The molecule has 1 saturated heterocycles. The summed E-state index contributed by atoms with van der Waals surface area (Å²) >= 11 is 9.86. The number of nitrogens with zero attached hydrogens (tertiary/aromatic N) is 1. The zero-order chi connectivity index (χ0) is 20.5. The van der Waals surface area contributed by atoms with Gasteiger partial charge in [0.05, 0.1) is 6.61 Å². The first kappa shape index (κ1) is 23.5. The van der Waals surface area contributed by atoms with Gasteiger partial charge < -0.3 is 15.0 Å². The summed E-state index contributed by atoms with van der Waals surface area (Å²) in [7, 11) is 1.78. The summed E-state index contributed by atoms with van der Waals surface area (Å²) in [6.07, 6.45) is 12.1. The highest BCUT2D eigenvalue weighted by Crippen LogP contribution is 2.30. The molecule has 0 unspecified atom stereocenters. The summed E-state index contributed by atoms with van der Waals surface area (Å²) in [5, 5.41) is 4.48. The number of hydrogen-bond donors (Lipinski definition) is 1. The van der Waals surface area contributed by atoms with Gasteiger partial charge in [-0.3, -0.25) is 0 Å². The average Bonchev–Trinajstić information content (AvgIpc) is 2.73. The maximum Gasteiger partial charge on any atom is 0.0587 e. The largest absolute Gasteiger partial charge is 0.383 e. The van der Waals surface area contributed by atoms with Crippen molar-refractivity contribution < 1.29 is 4.74 Å². The second-order valence-corrected chi connectivity index (χ2v) is 10.3. The molecule has 29 heavy (non-hydrogen) atoms. The number of nitrogens with one attached hydrogen (secondary N) is 1. The Morgan fingerprint density at radius 3 is 2.59 bits per heavy atom. The molecule has 0 bridgehead atoms. The molecule has 3 nitrogen and oxygen atoms in total. The van der Waals surface area contributed by atoms with E-state index in [9.17, 15) is 0 Å². The second-order valence-electron chi connectivity index (χ2n) is 9.03. The van der Waals surface area contributed by atoms with Crippen LogP contribution in [0, 0.1) is 11.8 Å². The Hall–Kier alpha value is -0.130. The number of ether oxygens (including phenoxy) is 1. The van der Waals surface area contributed by atoms with Crippen LogP contribution in [0.15, 0.2) is 22.7 Å². The average molecular weight is 486 g/mol. The third-order valence-electron chi connectivity index (χ3n) is 6.90. The van der Waals surface area contributed by atoms with Crippen molar-refractivity contribution in [3.05, 3.63) is 33.3 Å². The lowest BCUT2D eigenvalue weighted by atomic mass is 9.83. The molecule has 1 aromatic carbocycles. The molecule has 1 aliphatic carbocycles. The van der Waals surface area contributed by atoms with E-state index in [0.717, 1.165) is 42.5 Å². The monoisotopic (exact) mass is 484 g/mol. The highest BCUT2D eigenvalue weighted by molar-refractivity contribution is 9.10. The smallest absolute Gasteiger partial charge is 0.0587 e. The molecule has 1 heterocycles. The fraction of sp³-hybridized carbons (Fsp3) is 0.750. The lowest BCUT2D eigenvalue weighted by Crippen LogP contribution is -2.36. The van der Waals surface area contributed by atoms with E-state index in [0.29, 0.717) is 0 Å². The summed E-state index contributed by atoms with van der Waals surface area (Å²) < 4.78 is 6.34. The van der Waals surface area contributed by atoms with Gasteiger partial charge in [0.25, 0.3) is 0 Å². The van der Waals surface area contributed by atoms with E-state index in [2.05, 4.69) is 38.3 Å². The molecular weight excluding hydrogens is 448 g/mol. The highest BCUT2D eigenvalue weighted by Gasteiger charge is 2.22. The molecule has 1 saturated carbocycles. The highest BCUT2D eigenvalue weighted by atomic mass is 79.9. The second kappa shape index (κ2) is 12.7. The third kappa shape index (κ3) is 8.14. The molecule has 0 radical (unpaired) electrons. The van der Waals surface area contributed by atoms with Gasteiger partial charge in [0, 0.05) is 29.2 Å². The zero-order valence-corrected chi connectivity index (χ0v) is 20.3. The maximum absolute atomic E-state index is 6.18. The van der Waals surface area contributed by atoms with Gasteiger partial charge in [-0.05, 0) is 113 Å². The van der Waals surface area contributed by atoms with E-state index in [-0.39, 0.29) is 0 Å². The van der Waals surface area contributed by atoms with Gasteiger partial charge in [0.1, 0.15) is 0 Å². The van der Waals surface area contributed by atoms with E-state index in [1.54, 1.807) is 7.11 Å². The van der Waals surface area contributed by atoms with Crippen molar-refractivity contribution in [1.82, 2.24) is 10.2 Å². The molecule has 5 heteroatoms. The van der Waals surface area contributed by atoms with Crippen LogP contribution >= 0.6 is 27.5 Å². The standard InChI is InChI=1S/C24H38BrClN2O/c1-29-16-12-27-23-7-4-19(5-8-23)3-2-13-28-14-10-20(11-15-28)17-21-18-22(26)6-9-24(21)25/h6,9,18-20,23,27H,2-5,7-8,10-17H2,1H3. The predicted molar refractivity (Wildman–Crippen MR) is 127 cm³/mol. The Morgan fingerprint density at radius 2 is 1.86 bits per heavy atom. The summed E-state index contributed by atoms with van der Waals surface area (Å²) in [5.41, 5.74) is 1.36. The Balaban J connectivity index is 1.26. The van der Waals surface area contributed by atoms with Crippen LogP contribution in [0.4, 0.5) is 0 Å². The molecule has 0 atom stereocenters. The predicted octanol–water partition coefficient (Wildman–Crippen LogP) is 5.93. The van der Waals surface area contributed by atoms with Gasteiger partial charge in [-0.15, -0.1) is 0 Å². The van der Waals surface area contributed by atoms with Crippen LogP contribution in [-0.4, -0.2) is 50.8 Å². The molecule has 1 aliphatic heterocycles. The van der Waals surface area contributed by atoms with Gasteiger partial charge in [-0.2, -0.15) is 0 Å². The van der Waals surface area contributed by atoms with Crippen LogP contribution in [-0.2, 0) is 11.2 Å². The third-order valence-corrected chi connectivity index (χ3v) is 7.90. The first-order chi connectivity index (χ1) is 14.1. The lowest BCUT2D eigenvalue weighted by molar-refractivity contribution is 0.171. The van der Waals surface area contributed by atoms with Crippen molar-refractivity contribution in [2.45, 2.75) is 63.8 Å². The number of likely N-dealkylation sites (tertiary alicyclic amines) is 1. The van der Waals surface area contributed by atoms with Gasteiger partial charge in [-0.1, -0.05) is 27.5 Å². The van der Waals surface area contributed by atoms with Crippen LogP contribution in [0.2, 0.25) is 5.02 Å².